The number of amides is 2. The van der Waals surface area contributed by atoms with Crippen molar-refractivity contribution in [1.82, 2.24) is 10.6 Å². The number of anilines is 1. The highest BCUT2D eigenvalue weighted by Gasteiger charge is 2.23. The molecule has 0 aromatic heterocycles. The topological polar surface area (TPSA) is 70.2 Å². The maximum atomic E-state index is 13.8. The summed E-state index contributed by atoms with van der Waals surface area (Å²) < 4.78 is 13.8. The molecule has 5 nitrogen and oxygen atoms in total. The SMILES string of the molecule is CCCNc1c(F)cccc1C(=O)NCC(=O)NC1CC1. The van der Waals surface area contributed by atoms with Gasteiger partial charge in [0.25, 0.3) is 5.91 Å². The van der Waals surface area contributed by atoms with E-state index in [1.807, 2.05) is 6.92 Å². The molecule has 3 N–H and O–H groups in total. The van der Waals surface area contributed by atoms with Crippen molar-refractivity contribution in [2.24, 2.45) is 0 Å². The summed E-state index contributed by atoms with van der Waals surface area (Å²) in [6.45, 7) is 2.43. The van der Waals surface area contributed by atoms with Crippen LogP contribution in [0, 0.1) is 5.82 Å². The fourth-order valence-electron chi connectivity index (χ4n) is 1.91. The van der Waals surface area contributed by atoms with E-state index in [1.165, 1.54) is 18.2 Å². The predicted molar refractivity (Wildman–Crippen MR) is 78.7 cm³/mol. The highest BCUT2D eigenvalue weighted by atomic mass is 19.1. The first-order valence-corrected chi connectivity index (χ1v) is 7.21. The fourth-order valence-corrected chi connectivity index (χ4v) is 1.91. The molecule has 0 saturated heterocycles. The Labute approximate surface area is 123 Å². The van der Waals surface area contributed by atoms with Crippen molar-refractivity contribution in [1.29, 1.82) is 0 Å². The van der Waals surface area contributed by atoms with Crippen molar-refractivity contribution < 1.29 is 14.0 Å². The van der Waals surface area contributed by atoms with Gasteiger partial charge in [-0.2, -0.15) is 0 Å². The van der Waals surface area contributed by atoms with Gasteiger partial charge in [0.2, 0.25) is 5.91 Å². The zero-order valence-corrected chi connectivity index (χ0v) is 12.0. The normalized spacial score (nSPS) is 13.6. The van der Waals surface area contributed by atoms with E-state index in [0.29, 0.717) is 6.54 Å². The second-order valence-corrected chi connectivity index (χ2v) is 5.11. The van der Waals surface area contributed by atoms with Gasteiger partial charge in [0.1, 0.15) is 5.82 Å². The number of hydrogen-bond donors (Lipinski definition) is 3. The average Bonchev–Trinajstić information content (AvgIpc) is 3.27. The molecule has 1 aromatic rings. The van der Waals surface area contributed by atoms with Crippen LogP contribution in [0.2, 0.25) is 0 Å². The first-order valence-electron chi connectivity index (χ1n) is 7.21. The Hall–Kier alpha value is -2.11. The van der Waals surface area contributed by atoms with Crippen LogP contribution in [0.3, 0.4) is 0 Å². The number of hydrogen-bond acceptors (Lipinski definition) is 3. The third-order valence-corrected chi connectivity index (χ3v) is 3.16. The highest BCUT2D eigenvalue weighted by molar-refractivity contribution is 6.01. The summed E-state index contributed by atoms with van der Waals surface area (Å²) in [7, 11) is 0. The van der Waals surface area contributed by atoms with E-state index in [9.17, 15) is 14.0 Å². The third-order valence-electron chi connectivity index (χ3n) is 3.16. The highest BCUT2D eigenvalue weighted by Crippen LogP contribution is 2.20. The van der Waals surface area contributed by atoms with Crippen molar-refractivity contribution in [2.45, 2.75) is 32.2 Å². The molecule has 2 amide bonds. The van der Waals surface area contributed by atoms with E-state index in [1.54, 1.807) is 0 Å². The van der Waals surface area contributed by atoms with Gasteiger partial charge in [0.15, 0.2) is 0 Å². The van der Waals surface area contributed by atoms with Crippen molar-refractivity contribution in [3.05, 3.63) is 29.6 Å². The molecule has 1 aliphatic rings. The van der Waals surface area contributed by atoms with Crippen molar-refractivity contribution in [2.75, 3.05) is 18.4 Å². The minimum absolute atomic E-state index is 0.0982. The smallest absolute Gasteiger partial charge is 0.253 e. The summed E-state index contributed by atoms with van der Waals surface area (Å²) in [5, 5.41) is 8.20. The van der Waals surface area contributed by atoms with E-state index >= 15 is 0 Å². The molecule has 114 valence electrons. The number of carbonyl (C=O) groups is 2. The molecule has 0 heterocycles. The first-order chi connectivity index (χ1) is 10.1. The minimum Gasteiger partial charge on any atom is -0.382 e. The van der Waals surface area contributed by atoms with E-state index in [2.05, 4.69) is 16.0 Å². The molecule has 1 fully saturated rings. The maximum Gasteiger partial charge on any atom is 0.253 e. The predicted octanol–water partition coefficient (Wildman–Crippen LogP) is 1.66. The minimum atomic E-state index is -0.474. The summed E-state index contributed by atoms with van der Waals surface area (Å²) >= 11 is 0. The second-order valence-electron chi connectivity index (χ2n) is 5.11. The summed E-state index contributed by atoms with van der Waals surface area (Å²) in [5.41, 5.74) is 0.391. The van der Waals surface area contributed by atoms with Crippen LogP contribution in [0.15, 0.2) is 18.2 Å². The molecule has 2 rings (SSSR count). The molecule has 0 atom stereocenters. The quantitative estimate of drug-likeness (QED) is 0.716. The van der Waals surface area contributed by atoms with Crippen LogP contribution in [0.1, 0.15) is 36.5 Å². The molecule has 0 unspecified atom stereocenters. The fraction of sp³-hybridized carbons (Fsp3) is 0.467. The molecule has 1 aromatic carbocycles. The lowest BCUT2D eigenvalue weighted by Crippen LogP contribution is -2.38. The Balaban J connectivity index is 1.96. The van der Waals surface area contributed by atoms with Crippen LogP contribution in [0.5, 0.6) is 0 Å². The first kappa shape index (κ1) is 15.3. The second kappa shape index (κ2) is 7.06. The number of para-hydroxylation sites is 1. The Morgan fingerprint density at radius 3 is 2.76 bits per heavy atom. The standard InChI is InChI=1S/C15H20FN3O2/c1-2-8-17-14-11(4-3-5-12(14)16)15(21)18-9-13(20)19-10-6-7-10/h3-5,10,17H,2,6-9H2,1H3,(H,18,21)(H,19,20). The van der Waals surface area contributed by atoms with Crippen LogP contribution in [-0.2, 0) is 4.79 Å². The van der Waals surface area contributed by atoms with Crippen molar-refractivity contribution >= 4 is 17.5 Å². The monoisotopic (exact) mass is 293 g/mol. The number of carbonyl (C=O) groups excluding carboxylic acids is 2. The Bertz CT molecular complexity index is 530. The van der Waals surface area contributed by atoms with Crippen LogP contribution in [0.4, 0.5) is 10.1 Å². The van der Waals surface area contributed by atoms with Crippen LogP contribution < -0.4 is 16.0 Å². The molecule has 1 aliphatic carbocycles. The molecular formula is C15H20FN3O2. The molecule has 6 heteroatoms. The van der Waals surface area contributed by atoms with Crippen molar-refractivity contribution in [3.63, 3.8) is 0 Å². The van der Waals surface area contributed by atoms with Crippen LogP contribution in [0.25, 0.3) is 0 Å². The number of benzene rings is 1. The lowest BCUT2D eigenvalue weighted by atomic mass is 10.1. The maximum absolute atomic E-state index is 13.8. The van der Waals surface area contributed by atoms with Crippen LogP contribution in [-0.4, -0.2) is 30.9 Å². The molecule has 0 bridgehead atoms. The van der Waals surface area contributed by atoms with E-state index in [0.717, 1.165) is 19.3 Å². The van der Waals surface area contributed by atoms with Gasteiger partial charge < -0.3 is 16.0 Å². The number of nitrogens with one attached hydrogen (secondary N) is 3. The number of halogens is 1. The van der Waals surface area contributed by atoms with Gasteiger partial charge in [-0.15, -0.1) is 0 Å². The Kier molecular flexibility index (Phi) is 5.14. The largest absolute Gasteiger partial charge is 0.382 e. The number of rotatable bonds is 7. The Morgan fingerprint density at radius 2 is 2.10 bits per heavy atom. The van der Waals surface area contributed by atoms with Gasteiger partial charge in [0, 0.05) is 12.6 Å². The van der Waals surface area contributed by atoms with Crippen molar-refractivity contribution in [3.8, 4) is 0 Å². The van der Waals surface area contributed by atoms with E-state index in [4.69, 9.17) is 0 Å². The third kappa shape index (κ3) is 4.44. The summed E-state index contributed by atoms with van der Waals surface area (Å²) in [5.74, 6) is -1.15. The lowest BCUT2D eigenvalue weighted by molar-refractivity contribution is -0.120. The lowest BCUT2D eigenvalue weighted by Gasteiger charge is -2.12. The molecule has 1 saturated carbocycles. The summed E-state index contributed by atoms with van der Waals surface area (Å²) in [6.07, 6.45) is 2.81. The molecule has 21 heavy (non-hydrogen) atoms. The summed E-state index contributed by atoms with van der Waals surface area (Å²) in [4.78, 5) is 23.6. The van der Waals surface area contributed by atoms with Gasteiger partial charge in [-0.3, -0.25) is 9.59 Å². The molecule has 0 aliphatic heterocycles. The average molecular weight is 293 g/mol. The Morgan fingerprint density at radius 1 is 1.33 bits per heavy atom. The molecular weight excluding hydrogens is 273 g/mol. The van der Waals surface area contributed by atoms with E-state index in [-0.39, 0.29) is 29.7 Å². The van der Waals surface area contributed by atoms with Gasteiger partial charge in [-0.25, -0.2) is 4.39 Å². The van der Waals surface area contributed by atoms with Gasteiger partial charge >= 0.3 is 0 Å². The zero-order chi connectivity index (χ0) is 15.2. The van der Waals surface area contributed by atoms with Gasteiger partial charge in [-0.05, 0) is 31.4 Å². The molecule has 0 spiro atoms. The van der Waals surface area contributed by atoms with Gasteiger partial charge in [-0.1, -0.05) is 13.0 Å². The zero-order valence-electron chi connectivity index (χ0n) is 12.0. The summed E-state index contributed by atoms with van der Waals surface area (Å²) in [6, 6.07) is 4.57. The van der Waals surface area contributed by atoms with E-state index < -0.39 is 11.7 Å². The molecule has 0 radical (unpaired) electrons. The van der Waals surface area contributed by atoms with Gasteiger partial charge in [0.05, 0.1) is 17.8 Å². The van der Waals surface area contributed by atoms with Crippen LogP contribution >= 0.6 is 0 Å².